The quantitative estimate of drug-likeness (QED) is 0.295. The normalized spacial score (nSPS) is 17.4. The lowest BCUT2D eigenvalue weighted by molar-refractivity contribution is -0.140. The first-order valence-electron chi connectivity index (χ1n) is 14.2. The third kappa shape index (κ3) is 5.68. The number of ketones is 1. The number of rotatable bonds is 9. The number of amides is 3. The maximum Gasteiger partial charge on any atom is 0.299 e. The van der Waals surface area contributed by atoms with Gasteiger partial charge in [-0.2, -0.15) is 0 Å². The van der Waals surface area contributed by atoms with Crippen LogP contribution in [-0.4, -0.2) is 54.9 Å². The number of anilines is 2. The fourth-order valence-corrected chi connectivity index (χ4v) is 5.80. The lowest BCUT2D eigenvalue weighted by Crippen LogP contribution is -2.54. The van der Waals surface area contributed by atoms with E-state index in [9.17, 15) is 19.2 Å². The van der Waals surface area contributed by atoms with E-state index in [1.54, 1.807) is 61.7 Å². The summed E-state index contributed by atoms with van der Waals surface area (Å²) in [5.74, 6) is -0.622. The molecule has 1 N–H and O–H groups in total. The molecule has 0 bridgehead atoms. The Kier molecular flexibility index (Phi) is 7.83. The number of para-hydroxylation sites is 1. The van der Waals surface area contributed by atoms with Crippen molar-refractivity contribution in [3.63, 3.8) is 0 Å². The standard InChI is InChI=1S/C33H31N3O7/c1-41-24-14-11-21(12-15-24)18-36(29(37)19-35-26-10-6-5-9-25(26)31(38)33(35)40)30(22-7-3-2-4-8-22)32(39)34-23-13-16-27-28(17-23)43-20-42-27/h2-3,5-6,9-17,22,30H,4,7-8,18-20H2,1H3,(H,34,39)/t22-,30+/m1/s1. The molecule has 0 saturated heterocycles. The van der Waals surface area contributed by atoms with Gasteiger partial charge in [-0.25, -0.2) is 0 Å². The number of nitrogens with zero attached hydrogens (tertiary/aromatic N) is 2. The fraction of sp³-hybridized carbons (Fsp3) is 0.273. The molecule has 2 atom stereocenters. The van der Waals surface area contributed by atoms with Gasteiger partial charge in [0.15, 0.2) is 11.5 Å². The summed E-state index contributed by atoms with van der Waals surface area (Å²) in [6.45, 7) is -0.164. The van der Waals surface area contributed by atoms with Gasteiger partial charge in [-0.05, 0) is 67.1 Å². The molecular weight excluding hydrogens is 550 g/mol. The fourth-order valence-electron chi connectivity index (χ4n) is 5.80. The van der Waals surface area contributed by atoms with Crippen LogP contribution < -0.4 is 24.4 Å². The van der Waals surface area contributed by atoms with Gasteiger partial charge in [0.1, 0.15) is 18.3 Å². The zero-order valence-corrected chi connectivity index (χ0v) is 23.7. The molecule has 1 aliphatic carbocycles. The van der Waals surface area contributed by atoms with Gasteiger partial charge in [-0.15, -0.1) is 0 Å². The summed E-state index contributed by atoms with van der Waals surface area (Å²) in [4.78, 5) is 56.8. The Morgan fingerprint density at radius 2 is 1.81 bits per heavy atom. The minimum Gasteiger partial charge on any atom is -0.497 e. The molecule has 2 aliphatic heterocycles. The first-order valence-corrected chi connectivity index (χ1v) is 14.2. The predicted octanol–water partition coefficient (Wildman–Crippen LogP) is 4.35. The van der Waals surface area contributed by atoms with Crippen molar-refractivity contribution in [2.45, 2.75) is 31.8 Å². The van der Waals surface area contributed by atoms with E-state index < -0.39 is 23.6 Å². The molecule has 0 saturated carbocycles. The van der Waals surface area contributed by atoms with Crippen LogP contribution >= 0.6 is 0 Å². The molecule has 10 nitrogen and oxygen atoms in total. The van der Waals surface area contributed by atoms with Crippen molar-refractivity contribution >= 4 is 34.9 Å². The Balaban J connectivity index is 1.34. The SMILES string of the molecule is COc1ccc(CN(C(=O)CN2C(=O)C(=O)c3ccccc32)[C@H](C(=O)Nc2ccc3c(c2)OCO3)[C@@H]2CC=CCC2)cc1. The van der Waals surface area contributed by atoms with Crippen molar-refractivity contribution < 1.29 is 33.4 Å². The third-order valence-corrected chi connectivity index (χ3v) is 8.01. The molecule has 10 heteroatoms. The van der Waals surface area contributed by atoms with Gasteiger partial charge in [0.05, 0.1) is 18.4 Å². The molecule has 0 fully saturated rings. The number of hydrogen-bond donors (Lipinski definition) is 1. The van der Waals surface area contributed by atoms with Crippen LogP contribution in [0.25, 0.3) is 0 Å². The van der Waals surface area contributed by atoms with Crippen LogP contribution in [0.1, 0.15) is 35.2 Å². The highest BCUT2D eigenvalue weighted by molar-refractivity contribution is 6.52. The summed E-state index contributed by atoms with van der Waals surface area (Å²) in [6, 6.07) is 18.2. The Morgan fingerprint density at radius 3 is 2.58 bits per heavy atom. The monoisotopic (exact) mass is 581 g/mol. The second-order valence-corrected chi connectivity index (χ2v) is 10.7. The van der Waals surface area contributed by atoms with Crippen molar-refractivity contribution in [2.24, 2.45) is 5.92 Å². The van der Waals surface area contributed by atoms with E-state index in [1.165, 1.54) is 9.80 Å². The van der Waals surface area contributed by atoms with E-state index in [-0.39, 0.29) is 37.3 Å². The van der Waals surface area contributed by atoms with E-state index in [0.29, 0.717) is 41.5 Å². The number of nitrogens with one attached hydrogen (secondary N) is 1. The van der Waals surface area contributed by atoms with E-state index >= 15 is 0 Å². The van der Waals surface area contributed by atoms with Crippen molar-refractivity contribution in [3.05, 3.63) is 90.0 Å². The summed E-state index contributed by atoms with van der Waals surface area (Å²) in [6.07, 6.45) is 6.19. The Bertz CT molecular complexity index is 1600. The predicted molar refractivity (Wildman–Crippen MR) is 158 cm³/mol. The number of ether oxygens (including phenoxy) is 3. The topological polar surface area (TPSA) is 114 Å². The highest BCUT2D eigenvalue weighted by Gasteiger charge is 2.41. The Hall–Kier alpha value is -5.12. The van der Waals surface area contributed by atoms with Crippen LogP contribution in [0.2, 0.25) is 0 Å². The molecule has 3 aromatic rings. The Labute approximate surface area is 248 Å². The first-order chi connectivity index (χ1) is 20.9. The summed E-state index contributed by atoms with van der Waals surface area (Å²) >= 11 is 0. The molecule has 3 aliphatic rings. The molecule has 220 valence electrons. The van der Waals surface area contributed by atoms with Crippen LogP contribution in [0.4, 0.5) is 11.4 Å². The number of fused-ring (bicyclic) bond motifs is 2. The van der Waals surface area contributed by atoms with Gasteiger partial charge >= 0.3 is 0 Å². The van der Waals surface area contributed by atoms with Crippen LogP contribution in [0.3, 0.4) is 0 Å². The largest absolute Gasteiger partial charge is 0.497 e. The highest BCUT2D eigenvalue weighted by atomic mass is 16.7. The number of hydrogen-bond acceptors (Lipinski definition) is 7. The van der Waals surface area contributed by atoms with Crippen molar-refractivity contribution in [2.75, 3.05) is 30.7 Å². The van der Waals surface area contributed by atoms with E-state index in [0.717, 1.165) is 12.0 Å². The number of methoxy groups -OCH3 is 1. The number of Topliss-reactive ketones (excluding diaryl/α,β-unsaturated/α-hetero) is 1. The van der Waals surface area contributed by atoms with Gasteiger partial charge < -0.3 is 24.4 Å². The molecular formula is C33H31N3O7. The zero-order chi connectivity index (χ0) is 29.9. The molecule has 3 aromatic carbocycles. The van der Waals surface area contributed by atoms with Crippen LogP contribution in [0.5, 0.6) is 17.2 Å². The maximum atomic E-state index is 14.2. The van der Waals surface area contributed by atoms with E-state index in [4.69, 9.17) is 14.2 Å². The molecule has 2 heterocycles. The molecule has 0 spiro atoms. The maximum absolute atomic E-state index is 14.2. The van der Waals surface area contributed by atoms with Crippen molar-refractivity contribution in [1.29, 1.82) is 0 Å². The lowest BCUT2D eigenvalue weighted by atomic mass is 9.85. The minimum absolute atomic E-state index is 0.106. The smallest absolute Gasteiger partial charge is 0.299 e. The average Bonchev–Trinajstić information content (AvgIpc) is 3.60. The summed E-state index contributed by atoms with van der Waals surface area (Å²) in [5, 5.41) is 2.99. The summed E-state index contributed by atoms with van der Waals surface area (Å²) in [7, 11) is 1.57. The van der Waals surface area contributed by atoms with Gasteiger partial charge in [0.25, 0.3) is 11.7 Å². The number of carbonyl (C=O) groups is 4. The first kappa shape index (κ1) is 28.0. The third-order valence-electron chi connectivity index (χ3n) is 8.01. The molecule has 6 rings (SSSR count). The zero-order valence-electron chi connectivity index (χ0n) is 23.7. The molecule has 43 heavy (non-hydrogen) atoms. The Morgan fingerprint density at radius 1 is 1.02 bits per heavy atom. The van der Waals surface area contributed by atoms with Crippen LogP contribution in [0.15, 0.2) is 78.9 Å². The molecule has 0 radical (unpaired) electrons. The van der Waals surface area contributed by atoms with Gasteiger partial charge in [-0.3, -0.25) is 24.1 Å². The van der Waals surface area contributed by atoms with E-state index in [2.05, 4.69) is 11.4 Å². The highest BCUT2D eigenvalue weighted by Crippen LogP contribution is 2.35. The number of benzene rings is 3. The second kappa shape index (κ2) is 12.0. The summed E-state index contributed by atoms with van der Waals surface area (Å²) in [5.41, 5.74) is 1.94. The van der Waals surface area contributed by atoms with Crippen LogP contribution in [0, 0.1) is 5.92 Å². The number of carbonyl (C=O) groups excluding carboxylic acids is 4. The number of allylic oxidation sites excluding steroid dienone is 2. The molecule has 3 amide bonds. The molecule has 0 aromatic heterocycles. The van der Waals surface area contributed by atoms with Gasteiger partial charge in [-0.1, -0.05) is 36.4 Å². The van der Waals surface area contributed by atoms with Crippen LogP contribution in [-0.2, 0) is 20.9 Å². The van der Waals surface area contributed by atoms with Crippen molar-refractivity contribution in [1.82, 2.24) is 4.90 Å². The van der Waals surface area contributed by atoms with Crippen molar-refractivity contribution in [3.8, 4) is 17.2 Å². The summed E-state index contributed by atoms with van der Waals surface area (Å²) < 4.78 is 16.2. The average molecular weight is 582 g/mol. The minimum atomic E-state index is -0.867. The van der Waals surface area contributed by atoms with E-state index in [1.807, 2.05) is 18.2 Å². The molecule has 0 unspecified atom stereocenters. The lowest BCUT2D eigenvalue weighted by Gasteiger charge is -2.37. The van der Waals surface area contributed by atoms with Gasteiger partial charge in [0.2, 0.25) is 18.6 Å². The second-order valence-electron chi connectivity index (χ2n) is 10.7. The van der Waals surface area contributed by atoms with Gasteiger partial charge in [0, 0.05) is 18.3 Å².